The van der Waals surface area contributed by atoms with Crippen LogP contribution in [0.3, 0.4) is 0 Å². The molecule has 0 radical (unpaired) electrons. The first-order valence-corrected chi connectivity index (χ1v) is 24.3. The number of ether oxygens (including phenoxy) is 2. The van der Waals surface area contributed by atoms with E-state index in [1.165, 1.54) is 25.7 Å². The highest BCUT2D eigenvalue weighted by Crippen LogP contribution is 2.43. The van der Waals surface area contributed by atoms with Gasteiger partial charge in [0.15, 0.2) is 6.10 Å². The molecule has 0 aliphatic carbocycles. The van der Waals surface area contributed by atoms with Gasteiger partial charge in [-0.1, -0.05) is 155 Å². The van der Waals surface area contributed by atoms with Crippen LogP contribution in [0, 0.1) is 0 Å². The normalized spacial score (nSPS) is 14.5. The standard InChI is InChI=1S/C51H82NO8P/c1-5-7-9-11-13-15-17-19-21-23-25-27-29-31-33-35-37-39-41-43-50(53)57-47-49(48-59-61(55,56)58-46-45-52(3)4)60-51(54)44-42-40-38-36-34-32-30-28-26-24-22-20-18-16-14-12-10-8-6-2/h7,9,13-16,19-22,25-28,31-34,37,39,49H,5-6,8,10-12,17-18,23-24,29-30,35-36,38,40-48H2,1-4H3,(H,55,56)/b9-7-,15-13-,16-14-,21-19-,22-20-,27-25-,28-26-,33-31-,34-32-,39-37-. The number of likely N-dealkylation sites (N-methyl/N-ethyl adjacent to an activating group) is 1. The summed E-state index contributed by atoms with van der Waals surface area (Å²) in [5, 5.41) is 0. The van der Waals surface area contributed by atoms with Crippen molar-refractivity contribution < 1.29 is 37.6 Å². The number of carbonyl (C=O) groups is 2. The number of rotatable bonds is 40. The Hall–Kier alpha value is -3.59. The molecule has 0 aromatic heterocycles. The maximum absolute atomic E-state index is 12.7. The van der Waals surface area contributed by atoms with Crippen molar-refractivity contribution >= 4 is 19.8 Å². The Labute approximate surface area is 371 Å². The summed E-state index contributed by atoms with van der Waals surface area (Å²) in [4.78, 5) is 37.0. The van der Waals surface area contributed by atoms with E-state index in [0.717, 1.165) is 77.0 Å². The molecule has 1 N–H and O–H groups in total. The summed E-state index contributed by atoms with van der Waals surface area (Å²) in [5.41, 5.74) is 0. The van der Waals surface area contributed by atoms with E-state index in [2.05, 4.69) is 123 Å². The van der Waals surface area contributed by atoms with Crippen molar-refractivity contribution in [2.75, 3.05) is 40.5 Å². The Bertz CT molecular complexity index is 1420. The molecular weight excluding hydrogens is 786 g/mol. The summed E-state index contributed by atoms with van der Waals surface area (Å²) >= 11 is 0. The summed E-state index contributed by atoms with van der Waals surface area (Å²) in [5.74, 6) is -0.950. The topological polar surface area (TPSA) is 112 Å². The number of unbranched alkanes of at least 4 members (excludes halogenated alkanes) is 6. The molecule has 0 aromatic carbocycles. The number of carbonyl (C=O) groups excluding carboxylic acids is 2. The molecule has 0 bridgehead atoms. The van der Waals surface area contributed by atoms with Gasteiger partial charge in [-0.05, 0) is 110 Å². The number of nitrogens with zero attached hydrogens (tertiary/aromatic N) is 1. The number of allylic oxidation sites excluding steroid dienone is 20. The Balaban J connectivity index is 4.48. The lowest BCUT2D eigenvalue weighted by atomic mass is 10.1. The summed E-state index contributed by atoms with van der Waals surface area (Å²) in [6.07, 6.45) is 59.7. The third-order valence-electron chi connectivity index (χ3n) is 8.77. The van der Waals surface area contributed by atoms with Gasteiger partial charge in [0.05, 0.1) is 13.2 Å². The molecular formula is C51H82NO8P. The number of esters is 2. The Morgan fingerprint density at radius 2 is 0.967 bits per heavy atom. The van der Waals surface area contributed by atoms with Crippen LogP contribution in [-0.2, 0) is 32.7 Å². The van der Waals surface area contributed by atoms with E-state index >= 15 is 0 Å². The largest absolute Gasteiger partial charge is 0.472 e. The van der Waals surface area contributed by atoms with Crippen LogP contribution in [0.15, 0.2) is 122 Å². The Morgan fingerprint density at radius 3 is 1.43 bits per heavy atom. The summed E-state index contributed by atoms with van der Waals surface area (Å²) in [6, 6.07) is 0. The number of hydrogen-bond donors (Lipinski definition) is 1. The maximum Gasteiger partial charge on any atom is 0.472 e. The smallest absolute Gasteiger partial charge is 0.462 e. The fourth-order valence-corrected chi connectivity index (χ4v) is 6.02. The second kappa shape index (κ2) is 44.5. The predicted molar refractivity (Wildman–Crippen MR) is 256 cm³/mol. The molecule has 0 aromatic rings. The number of phosphoric ester groups is 1. The first kappa shape index (κ1) is 57.4. The Kier molecular flexibility index (Phi) is 41.8. The number of hydrogen-bond acceptors (Lipinski definition) is 8. The van der Waals surface area contributed by atoms with Crippen LogP contribution in [0.1, 0.15) is 142 Å². The van der Waals surface area contributed by atoms with E-state index < -0.39 is 32.5 Å². The quantitative estimate of drug-likeness (QED) is 0.0278. The van der Waals surface area contributed by atoms with Gasteiger partial charge in [-0.2, -0.15) is 0 Å². The number of phosphoric acid groups is 1. The first-order valence-electron chi connectivity index (χ1n) is 22.8. The molecule has 61 heavy (non-hydrogen) atoms. The monoisotopic (exact) mass is 868 g/mol. The summed E-state index contributed by atoms with van der Waals surface area (Å²) in [6.45, 7) is 4.02. The molecule has 0 amide bonds. The molecule has 344 valence electrons. The lowest BCUT2D eigenvalue weighted by Crippen LogP contribution is -2.29. The van der Waals surface area contributed by atoms with E-state index in [1.807, 2.05) is 26.2 Å². The van der Waals surface area contributed by atoms with E-state index in [1.54, 1.807) is 4.90 Å². The molecule has 0 rings (SSSR count). The van der Waals surface area contributed by atoms with Crippen LogP contribution in [-0.4, -0.2) is 68.3 Å². The van der Waals surface area contributed by atoms with Crippen LogP contribution in [0.2, 0.25) is 0 Å². The maximum atomic E-state index is 12.7. The lowest BCUT2D eigenvalue weighted by Gasteiger charge is -2.20. The van der Waals surface area contributed by atoms with Gasteiger partial charge >= 0.3 is 19.8 Å². The minimum Gasteiger partial charge on any atom is -0.462 e. The first-order chi connectivity index (χ1) is 29.7. The van der Waals surface area contributed by atoms with Crippen molar-refractivity contribution in [2.24, 2.45) is 0 Å². The zero-order valence-corrected chi connectivity index (χ0v) is 39.2. The van der Waals surface area contributed by atoms with Crippen molar-refractivity contribution in [1.29, 1.82) is 0 Å². The van der Waals surface area contributed by atoms with Gasteiger partial charge in [0.25, 0.3) is 0 Å². The molecule has 9 nitrogen and oxygen atoms in total. The van der Waals surface area contributed by atoms with Gasteiger partial charge in [0.2, 0.25) is 0 Å². The summed E-state index contributed by atoms with van der Waals surface area (Å²) < 4.78 is 33.4. The average molecular weight is 868 g/mol. The van der Waals surface area contributed by atoms with Crippen molar-refractivity contribution in [3.05, 3.63) is 122 Å². The van der Waals surface area contributed by atoms with Crippen LogP contribution >= 0.6 is 7.82 Å². The highest BCUT2D eigenvalue weighted by molar-refractivity contribution is 7.47. The van der Waals surface area contributed by atoms with E-state index in [0.29, 0.717) is 19.4 Å². The van der Waals surface area contributed by atoms with Crippen molar-refractivity contribution in [3.8, 4) is 0 Å². The van der Waals surface area contributed by atoms with Gasteiger partial charge in [0, 0.05) is 19.4 Å². The van der Waals surface area contributed by atoms with E-state index in [4.69, 9.17) is 18.5 Å². The van der Waals surface area contributed by atoms with E-state index in [-0.39, 0.29) is 26.1 Å². The minimum atomic E-state index is -4.40. The third-order valence-corrected chi connectivity index (χ3v) is 9.75. The van der Waals surface area contributed by atoms with E-state index in [9.17, 15) is 19.0 Å². The molecule has 0 aliphatic rings. The zero-order valence-electron chi connectivity index (χ0n) is 38.3. The van der Waals surface area contributed by atoms with Crippen LogP contribution in [0.5, 0.6) is 0 Å². The van der Waals surface area contributed by atoms with Gasteiger partial charge < -0.3 is 19.3 Å². The van der Waals surface area contributed by atoms with Gasteiger partial charge in [-0.25, -0.2) is 4.57 Å². The second-order valence-electron chi connectivity index (χ2n) is 14.8. The molecule has 10 heteroatoms. The van der Waals surface area contributed by atoms with Gasteiger partial charge in [0.1, 0.15) is 6.61 Å². The average Bonchev–Trinajstić information content (AvgIpc) is 3.23. The molecule has 0 saturated carbocycles. The zero-order chi connectivity index (χ0) is 44.8. The highest BCUT2D eigenvalue weighted by atomic mass is 31.2. The lowest BCUT2D eigenvalue weighted by molar-refractivity contribution is -0.161. The van der Waals surface area contributed by atoms with Gasteiger partial charge in [-0.3, -0.25) is 18.6 Å². The van der Waals surface area contributed by atoms with Gasteiger partial charge in [-0.15, -0.1) is 0 Å². The molecule has 0 heterocycles. The van der Waals surface area contributed by atoms with Crippen molar-refractivity contribution in [1.82, 2.24) is 4.90 Å². The summed E-state index contributed by atoms with van der Waals surface area (Å²) in [7, 11) is -0.780. The molecule has 2 atom stereocenters. The molecule has 0 spiro atoms. The van der Waals surface area contributed by atoms with Crippen molar-refractivity contribution in [3.63, 3.8) is 0 Å². The Morgan fingerprint density at radius 1 is 0.525 bits per heavy atom. The fourth-order valence-electron chi connectivity index (χ4n) is 5.28. The fraction of sp³-hybridized carbons (Fsp3) is 0.569. The minimum absolute atomic E-state index is 0.0180. The molecule has 0 saturated heterocycles. The van der Waals surface area contributed by atoms with Crippen LogP contribution < -0.4 is 0 Å². The van der Waals surface area contributed by atoms with Crippen LogP contribution in [0.25, 0.3) is 0 Å². The van der Waals surface area contributed by atoms with Crippen molar-refractivity contribution in [2.45, 2.75) is 148 Å². The molecule has 2 unspecified atom stereocenters. The third kappa shape index (κ3) is 45.8. The predicted octanol–water partition coefficient (Wildman–Crippen LogP) is 13.5. The SMILES string of the molecule is CC/C=C\C/C=C\C/C=C\C/C=C\C/C=C\C/C=C\CCC(=O)OCC(COP(=O)(O)OCCN(C)C)OC(=O)CCCCC/C=C\C/C=C\C/C=C\C/C=C\CCCCC. The highest BCUT2D eigenvalue weighted by Gasteiger charge is 2.26. The van der Waals surface area contributed by atoms with Crippen LogP contribution in [0.4, 0.5) is 0 Å². The second-order valence-corrected chi connectivity index (χ2v) is 16.3. The molecule has 0 fully saturated rings. The molecule has 0 aliphatic heterocycles.